The van der Waals surface area contributed by atoms with Crippen molar-refractivity contribution in [2.45, 2.75) is 89.9 Å². The summed E-state index contributed by atoms with van der Waals surface area (Å²) in [6, 6.07) is 12.7. The summed E-state index contributed by atoms with van der Waals surface area (Å²) in [5, 5.41) is 13.1. The van der Waals surface area contributed by atoms with Gasteiger partial charge in [-0.1, -0.05) is 49.9 Å². The number of unbranched alkanes of at least 4 members (excludes halogenated alkanes) is 1. The van der Waals surface area contributed by atoms with Crippen LogP contribution in [0.5, 0.6) is 5.75 Å². The van der Waals surface area contributed by atoms with Gasteiger partial charge in [-0.25, -0.2) is 4.79 Å². The molecule has 1 aliphatic heterocycles. The van der Waals surface area contributed by atoms with E-state index in [1.807, 2.05) is 48.2 Å². The standard InChI is InChI=1S/C32H38ClNO5/c1-4-5-8-23-19-28(35)39-30-20(2)27(15-14-25(23)30)38-21(3)31(36)34-18-17-32(37)16-7-6-9-26(32)29(34)22-10-12-24(33)13-11-22/h10-15,19,21,26,29,37H,4-9,16-18H2,1-3H3/t21-,26+,29+,32-/m1/s1. The Labute approximate surface area is 234 Å². The molecule has 208 valence electrons. The van der Waals surface area contributed by atoms with Crippen molar-refractivity contribution < 1.29 is 19.1 Å². The fourth-order valence-corrected chi connectivity index (χ4v) is 6.71. The molecule has 0 unspecified atom stereocenters. The van der Waals surface area contributed by atoms with Crippen molar-refractivity contribution in [2.24, 2.45) is 5.92 Å². The summed E-state index contributed by atoms with van der Waals surface area (Å²) < 4.78 is 11.9. The predicted molar refractivity (Wildman–Crippen MR) is 153 cm³/mol. The molecule has 2 fully saturated rings. The maximum absolute atomic E-state index is 14.0. The van der Waals surface area contributed by atoms with Gasteiger partial charge < -0.3 is 19.2 Å². The topological polar surface area (TPSA) is 80.0 Å². The van der Waals surface area contributed by atoms with Crippen LogP contribution < -0.4 is 10.4 Å². The molecule has 1 amide bonds. The number of nitrogens with zero attached hydrogens (tertiary/aromatic N) is 1. The van der Waals surface area contributed by atoms with E-state index in [1.165, 1.54) is 0 Å². The SMILES string of the molecule is CCCCc1cc(=O)oc2c(C)c(O[C@H](C)C(=O)N3CC[C@]4(O)CCCC[C@H]4[C@@H]3c3ccc(Cl)cc3)ccc12. The summed E-state index contributed by atoms with van der Waals surface area (Å²) in [4.78, 5) is 28.1. The quantitative estimate of drug-likeness (QED) is 0.328. The van der Waals surface area contributed by atoms with Gasteiger partial charge in [0.15, 0.2) is 6.10 Å². The molecule has 1 aliphatic carbocycles. The normalized spacial score (nSPS) is 23.9. The van der Waals surface area contributed by atoms with Crippen molar-refractivity contribution in [1.29, 1.82) is 0 Å². The van der Waals surface area contributed by atoms with Gasteiger partial charge in [0, 0.05) is 34.5 Å². The third-order valence-corrected chi connectivity index (χ3v) is 8.96. The number of piperidine rings is 1. The first-order valence-corrected chi connectivity index (χ1v) is 14.6. The molecule has 2 aliphatic rings. The van der Waals surface area contributed by atoms with Crippen LogP contribution in [0.4, 0.5) is 0 Å². The molecule has 39 heavy (non-hydrogen) atoms. The zero-order valence-corrected chi connectivity index (χ0v) is 23.8. The minimum absolute atomic E-state index is 0.0458. The van der Waals surface area contributed by atoms with Gasteiger partial charge in [-0.2, -0.15) is 0 Å². The van der Waals surface area contributed by atoms with Crippen LogP contribution in [0, 0.1) is 12.8 Å². The van der Waals surface area contributed by atoms with E-state index >= 15 is 0 Å². The Morgan fingerprint density at radius 2 is 1.97 bits per heavy atom. The molecular formula is C32H38ClNO5. The van der Waals surface area contributed by atoms with Gasteiger partial charge in [0.2, 0.25) is 0 Å². The van der Waals surface area contributed by atoms with E-state index in [2.05, 4.69) is 6.92 Å². The number of rotatable bonds is 7. The van der Waals surface area contributed by atoms with Crippen LogP contribution >= 0.6 is 11.6 Å². The maximum Gasteiger partial charge on any atom is 0.336 e. The van der Waals surface area contributed by atoms with E-state index in [4.69, 9.17) is 20.8 Å². The molecule has 5 rings (SSSR count). The number of hydrogen-bond donors (Lipinski definition) is 1. The molecule has 0 spiro atoms. The number of fused-ring (bicyclic) bond motifs is 2. The number of halogens is 1. The molecular weight excluding hydrogens is 514 g/mol. The number of amides is 1. The number of carbonyl (C=O) groups is 1. The largest absolute Gasteiger partial charge is 0.480 e. The monoisotopic (exact) mass is 551 g/mol. The molecule has 2 heterocycles. The number of benzene rings is 2. The van der Waals surface area contributed by atoms with Crippen molar-refractivity contribution in [3.05, 3.63) is 74.6 Å². The Kier molecular flexibility index (Phi) is 8.06. The van der Waals surface area contributed by atoms with Gasteiger partial charge in [-0.3, -0.25) is 4.79 Å². The second kappa shape index (κ2) is 11.3. The minimum atomic E-state index is -0.772. The number of ether oxygens (including phenoxy) is 1. The van der Waals surface area contributed by atoms with Crippen molar-refractivity contribution in [2.75, 3.05) is 6.54 Å². The van der Waals surface area contributed by atoms with Gasteiger partial charge in [0.1, 0.15) is 11.3 Å². The van der Waals surface area contributed by atoms with Crippen molar-refractivity contribution in [1.82, 2.24) is 4.90 Å². The molecule has 4 atom stereocenters. The highest BCUT2D eigenvalue weighted by molar-refractivity contribution is 6.30. The first-order valence-electron chi connectivity index (χ1n) is 14.2. The van der Waals surface area contributed by atoms with E-state index < -0.39 is 11.7 Å². The number of hydrogen-bond acceptors (Lipinski definition) is 5. The van der Waals surface area contributed by atoms with Gasteiger partial charge in [0.05, 0.1) is 11.6 Å². The average molecular weight is 552 g/mol. The Morgan fingerprint density at radius 1 is 1.21 bits per heavy atom. The third-order valence-electron chi connectivity index (χ3n) is 8.71. The molecule has 7 heteroatoms. The Morgan fingerprint density at radius 3 is 2.72 bits per heavy atom. The lowest BCUT2D eigenvalue weighted by molar-refractivity contribution is -0.161. The number of carbonyl (C=O) groups excluding carboxylic acids is 1. The molecule has 0 bridgehead atoms. The minimum Gasteiger partial charge on any atom is -0.480 e. The van der Waals surface area contributed by atoms with Crippen molar-refractivity contribution in [3.8, 4) is 5.75 Å². The fourth-order valence-electron chi connectivity index (χ4n) is 6.59. The maximum atomic E-state index is 14.0. The summed E-state index contributed by atoms with van der Waals surface area (Å²) in [5.41, 5.74) is 2.02. The van der Waals surface area contributed by atoms with Gasteiger partial charge in [-0.15, -0.1) is 0 Å². The predicted octanol–water partition coefficient (Wildman–Crippen LogP) is 6.76. The lowest BCUT2D eigenvalue weighted by Crippen LogP contribution is -2.58. The van der Waals surface area contributed by atoms with Crippen LogP contribution in [0.25, 0.3) is 11.0 Å². The molecule has 1 N–H and O–H groups in total. The van der Waals surface area contributed by atoms with Gasteiger partial charge in [-0.05, 0) is 81.3 Å². The molecule has 0 radical (unpaired) electrons. The first kappa shape index (κ1) is 27.7. The summed E-state index contributed by atoms with van der Waals surface area (Å²) in [6.45, 7) is 6.21. The van der Waals surface area contributed by atoms with Crippen molar-refractivity contribution in [3.63, 3.8) is 0 Å². The molecule has 3 aromatic rings. The highest BCUT2D eigenvalue weighted by Gasteiger charge is 2.50. The summed E-state index contributed by atoms with van der Waals surface area (Å²) in [5.74, 6) is 0.351. The van der Waals surface area contributed by atoms with Crippen LogP contribution in [-0.2, 0) is 11.2 Å². The average Bonchev–Trinajstić information content (AvgIpc) is 2.92. The highest BCUT2D eigenvalue weighted by atomic mass is 35.5. The lowest BCUT2D eigenvalue weighted by Gasteiger charge is -2.53. The van der Waals surface area contributed by atoms with E-state index in [-0.39, 0.29) is 23.5 Å². The number of aliphatic hydroxyl groups is 1. The second-order valence-corrected chi connectivity index (χ2v) is 11.7. The first-order chi connectivity index (χ1) is 18.7. The second-order valence-electron chi connectivity index (χ2n) is 11.3. The molecule has 1 saturated heterocycles. The summed E-state index contributed by atoms with van der Waals surface area (Å²) >= 11 is 6.18. The van der Waals surface area contributed by atoms with Crippen LogP contribution in [0.2, 0.25) is 5.02 Å². The van der Waals surface area contributed by atoms with Crippen LogP contribution in [0.1, 0.15) is 81.5 Å². The lowest BCUT2D eigenvalue weighted by atomic mass is 9.66. The van der Waals surface area contributed by atoms with Crippen LogP contribution in [0.3, 0.4) is 0 Å². The Bertz CT molecular complexity index is 1400. The molecule has 1 aromatic heterocycles. The highest BCUT2D eigenvalue weighted by Crippen LogP contribution is 2.49. The van der Waals surface area contributed by atoms with Crippen LogP contribution in [0.15, 0.2) is 51.7 Å². The van der Waals surface area contributed by atoms with Gasteiger partial charge >= 0.3 is 5.63 Å². The number of likely N-dealkylation sites (tertiary alicyclic amines) is 1. The Hall–Kier alpha value is -2.83. The van der Waals surface area contributed by atoms with E-state index in [0.717, 1.165) is 61.5 Å². The zero-order valence-electron chi connectivity index (χ0n) is 23.0. The molecule has 1 saturated carbocycles. The number of aryl methyl sites for hydroxylation is 2. The van der Waals surface area contributed by atoms with Crippen molar-refractivity contribution >= 4 is 28.5 Å². The van der Waals surface area contributed by atoms with E-state index in [1.54, 1.807) is 13.0 Å². The fraction of sp³-hybridized carbons (Fsp3) is 0.500. The zero-order chi connectivity index (χ0) is 27.7. The summed E-state index contributed by atoms with van der Waals surface area (Å²) in [6.07, 6.45) is 6.29. The van der Waals surface area contributed by atoms with Gasteiger partial charge in [0.25, 0.3) is 5.91 Å². The molecule has 6 nitrogen and oxygen atoms in total. The van der Waals surface area contributed by atoms with E-state index in [0.29, 0.717) is 34.9 Å². The van der Waals surface area contributed by atoms with Crippen LogP contribution in [-0.4, -0.2) is 34.2 Å². The smallest absolute Gasteiger partial charge is 0.336 e. The third kappa shape index (κ3) is 5.46. The Balaban J connectivity index is 1.43. The molecule has 2 aromatic carbocycles. The van der Waals surface area contributed by atoms with E-state index in [9.17, 15) is 14.7 Å². The summed E-state index contributed by atoms with van der Waals surface area (Å²) in [7, 11) is 0.